The summed E-state index contributed by atoms with van der Waals surface area (Å²) in [5, 5.41) is 4.03. The van der Waals surface area contributed by atoms with Crippen molar-refractivity contribution >= 4 is 0 Å². The Balaban J connectivity index is 1.52. The molecule has 21 heavy (non-hydrogen) atoms. The quantitative estimate of drug-likeness (QED) is 0.813. The molecule has 2 aliphatic carbocycles. The molecule has 0 aromatic carbocycles. The number of hydrogen-bond donors (Lipinski definition) is 1. The van der Waals surface area contributed by atoms with Gasteiger partial charge in [0.15, 0.2) is 0 Å². The molecule has 4 unspecified atom stereocenters. The van der Waals surface area contributed by atoms with Crippen molar-refractivity contribution in [3.05, 3.63) is 0 Å². The largest absolute Gasteiger partial charge is 0.375 e. The molecular formula is C19H35NO. The van der Waals surface area contributed by atoms with E-state index in [-0.39, 0.29) is 5.60 Å². The van der Waals surface area contributed by atoms with Gasteiger partial charge in [0.05, 0.1) is 5.60 Å². The van der Waals surface area contributed by atoms with Crippen LogP contribution in [0.4, 0.5) is 0 Å². The summed E-state index contributed by atoms with van der Waals surface area (Å²) in [5.41, 5.74) is 0.165. The van der Waals surface area contributed by atoms with Crippen LogP contribution in [-0.4, -0.2) is 24.3 Å². The van der Waals surface area contributed by atoms with Gasteiger partial charge in [-0.2, -0.15) is 0 Å². The summed E-state index contributed by atoms with van der Waals surface area (Å²) >= 11 is 0. The SMILES string of the molecule is CCC1(CC)CC(NC2CCC3CCCCC3C2)CCO1. The maximum Gasteiger partial charge on any atom is 0.0692 e. The fourth-order valence-electron chi connectivity index (χ4n) is 5.27. The number of hydrogen-bond acceptors (Lipinski definition) is 2. The summed E-state index contributed by atoms with van der Waals surface area (Å²) < 4.78 is 6.13. The van der Waals surface area contributed by atoms with Crippen molar-refractivity contribution < 1.29 is 4.74 Å². The van der Waals surface area contributed by atoms with Gasteiger partial charge >= 0.3 is 0 Å². The second kappa shape index (κ2) is 7.00. The lowest BCUT2D eigenvalue weighted by Crippen LogP contribution is -2.50. The van der Waals surface area contributed by atoms with Crippen LogP contribution in [0.3, 0.4) is 0 Å². The standard InChI is InChI=1S/C19H35NO/c1-3-19(4-2)14-18(11-12-21-19)20-17-10-9-15-7-5-6-8-16(15)13-17/h15-18,20H,3-14H2,1-2H3. The molecule has 3 rings (SSSR count). The predicted molar refractivity (Wildman–Crippen MR) is 88.5 cm³/mol. The molecule has 122 valence electrons. The summed E-state index contributed by atoms with van der Waals surface area (Å²) in [4.78, 5) is 0. The third kappa shape index (κ3) is 3.64. The van der Waals surface area contributed by atoms with Crippen LogP contribution in [0, 0.1) is 11.8 Å². The van der Waals surface area contributed by atoms with Crippen molar-refractivity contribution in [2.24, 2.45) is 11.8 Å². The average molecular weight is 293 g/mol. The molecular weight excluding hydrogens is 258 g/mol. The molecule has 0 spiro atoms. The first-order valence-electron chi connectivity index (χ1n) is 9.64. The Morgan fingerprint density at radius 3 is 2.43 bits per heavy atom. The Kier molecular flexibility index (Phi) is 5.27. The van der Waals surface area contributed by atoms with Crippen LogP contribution < -0.4 is 5.32 Å². The van der Waals surface area contributed by atoms with Crippen molar-refractivity contribution in [1.82, 2.24) is 5.32 Å². The first-order valence-corrected chi connectivity index (χ1v) is 9.64. The van der Waals surface area contributed by atoms with Gasteiger partial charge in [-0.25, -0.2) is 0 Å². The zero-order chi connectivity index (χ0) is 14.7. The van der Waals surface area contributed by atoms with Gasteiger partial charge in [0.25, 0.3) is 0 Å². The van der Waals surface area contributed by atoms with Crippen LogP contribution in [0.5, 0.6) is 0 Å². The average Bonchev–Trinajstić information content (AvgIpc) is 2.55. The maximum atomic E-state index is 6.13. The van der Waals surface area contributed by atoms with Gasteiger partial charge in [0.2, 0.25) is 0 Å². The zero-order valence-electron chi connectivity index (χ0n) is 14.2. The lowest BCUT2D eigenvalue weighted by molar-refractivity contribution is -0.0949. The van der Waals surface area contributed by atoms with E-state index in [9.17, 15) is 0 Å². The highest BCUT2D eigenvalue weighted by molar-refractivity contribution is 4.92. The summed E-state index contributed by atoms with van der Waals surface area (Å²) in [5.74, 6) is 2.10. The summed E-state index contributed by atoms with van der Waals surface area (Å²) in [7, 11) is 0. The minimum absolute atomic E-state index is 0.165. The molecule has 2 saturated carbocycles. The van der Waals surface area contributed by atoms with Gasteiger partial charge in [-0.05, 0) is 56.8 Å². The zero-order valence-corrected chi connectivity index (χ0v) is 14.2. The Morgan fingerprint density at radius 1 is 0.905 bits per heavy atom. The van der Waals surface area contributed by atoms with Crippen LogP contribution in [0.25, 0.3) is 0 Å². The summed E-state index contributed by atoms with van der Waals surface area (Å²) in [6, 6.07) is 1.49. The lowest BCUT2D eigenvalue weighted by Gasteiger charge is -2.44. The Bertz CT molecular complexity index is 326. The minimum Gasteiger partial charge on any atom is -0.375 e. The molecule has 0 aromatic heterocycles. The van der Waals surface area contributed by atoms with Crippen LogP contribution in [0.2, 0.25) is 0 Å². The highest BCUT2D eigenvalue weighted by Crippen LogP contribution is 2.41. The second-order valence-electron chi connectivity index (χ2n) is 7.91. The van der Waals surface area contributed by atoms with Gasteiger partial charge in [-0.15, -0.1) is 0 Å². The topological polar surface area (TPSA) is 21.3 Å². The van der Waals surface area contributed by atoms with E-state index < -0.39 is 0 Å². The molecule has 0 amide bonds. The third-order valence-electron chi connectivity index (χ3n) is 6.79. The Morgan fingerprint density at radius 2 is 1.67 bits per heavy atom. The van der Waals surface area contributed by atoms with Gasteiger partial charge in [-0.3, -0.25) is 0 Å². The molecule has 0 bridgehead atoms. The van der Waals surface area contributed by atoms with E-state index in [1.54, 1.807) is 0 Å². The smallest absolute Gasteiger partial charge is 0.0692 e. The van der Waals surface area contributed by atoms with Gasteiger partial charge in [-0.1, -0.05) is 39.5 Å². The second-order valence-corrected chi connectivity index (χ2v) is 7.91. The van der Waals surface area contributed by atoms with Crippen LogP contribution in [0.15, 0.2) is 0 Å². The predicted octanol–water partition coefficient (Wildman–Crippen LogP) is 4.67. The van der Waals surface area contributed by atoms with Crippen molar-refractivity contribution in [3.8, 4) is 0 Å². The van der Waals surface area contributed by atoms with Gasteiger partial charge in [0.1, 0.15) is 0 Å². The summed E-state index contributed by atoms with van der Waals surface area (Å²) in [6.07, 6.45) is 15.1. The number of nitrogens with one attached hydrogen (secondary N) is 1. The van der Waals surface area contributed by atoms with Crippen LogP contribution in [-0.2, 0) is 4.74 Å². The number of fused-ring (bicyclic) bond motifs is 1. The van der Waals surface area contributed by atoms with E-state index in [1.807, 2.05) is 0 Å². The Labute approximate surface area is 131 Å². The molecule has 3 fully saturated rings. The van der Waals surface area contributed by atoms with Crippen LogP contribution in [0.1, 0.15) is 84.5 Å². The summed E-state index contributed by atoms with van der Waals surface area (Å²) in [6.45, 7) is 5.54. The molecule has 0 radical (unpaired) electrons. The van der Waals surface area contributed by atoms with E-state index in [0.717, 1.165) is 37.3 Å². The van der Waals surface area contributed by atoms with E-state index in [1.165, 1.54) is 57.8 Å². The van der Waals surface area contributed by atoms with Gasteiger partial charge < -0.3 is 10.1 Å². The normalized spacial score (nSPS) is 39.7. The Hall–Kier alpha value is -0.0800. The first-order chi connectivity index (χ1) is 10.2. The minimum atomic E-state index is 0.165. The first kappa shape index (κ1) is 15.8. The molecule has 4 atom stereocenters. The molecule has 2 nitrogen and oxygen atoms in total. The highest BCUT2D eigenvalue weighted by atomic mass is 16.5. The van der Waals surface area contributed by atoms with Crippen molar-refractivity contribution in [3.63, 3.8) is 0 Å². The van der Waals surface area contributed by atoms with E-state index in [0.29, 0.717) is 6.04 Å². The fourth-order valence-corrected chi connectivity index (χ4v) is 5.27. The van der Waals surface area contributed by atoms with Crippen molar-refractivity contribution in [2.45, 2.75) is 102 Å². The number of ether oxygens (including phenoxy) is 1. The highest BCUT2D eigenvalue weighted by Gasteiger charge is 2.37. The van der Waals surface area contributed by atoms with E-state index in [4.69, 9.17) is 4.74 Å². The van der Waals surface area contributed by atoms with Crippen molar-refractivity contribution in [1.29, 1.82) is 0 Å². The number of rotatable bonds is 4. The molecule has 0 aromatic rings. The van der Waals surface area contributed by atoms with E-state index in [2.05, 4.69) is 19.2 Å². The molecule has 1 aliphatic heterocycles. The lowest BCUT2D eigenvalue weighted by atomic mass is 9.69. The molecule has 2 heteroatoms. The van der Waals surface area contributed by atoms with E-state index >= 15 is 0 Å². The molecule has 3 aliphatic rings. The van der Waals surface area contributed by atoms with Crippen molar-refractivity contribution in [2.75, 3.05) is 6.61 Å². The fraction of sp³-hybridized carbons (Fsp3) is 1.00. The molecule has 1 heterocycles. The maximum absolute atomic E-state index is 6.13. The van der Waals surface area contributed by atoms with Crippen LogP contribution >= 0.6 is 0 Å². The monoisotopic (exact) mass is 293 g/mol. The molecule has 1 N–H and O–H groups in total. The third-order valence-corrected chi connectivity index (χ3v) is 6.79. The molecule has 1 saturated heterocycles. The van der Waals surface area contributed by atoms with Gasteiger partial charge in [0, 0.05) is 18.7 Å².